The summed E-state index contributed by atoms with van der Waals surface area (Å²) in [5.74, 6) is -0.190. The summed E-state index contributed by atoms with van der Waals surface area (Å²) in [7, 11) is 1.69. The topological polar surface area (TPSA) is 107 Å². The minimum atomic E-state index is -0.799. The molecule has 1 aromatic rings. The highest BCUT2D eigenvalue weighted by Crippen LogP contribution is 2.34. The molecule has 2 atom stereocenters. The number of amides is 1. The number of nitro benzene ring substituents is 1. The fourth-order valence-corrected chi connectivity index (χ4v) is 2.79. The van der Waals surface area contributed by atoms with Gasteiger partial charge in [-0.15, -0.1) is 0 Å². The second-order valence-corrected chi connectivity index (χ2v) is 5.26. The van der Waals surface area contributed by atoms with Crippen LogP contribution < -0.4 is 15.8 Å². The fourth-order valence-electron chi connectivity index (χ4n) is 2.79. The van der Waals surface area contributed by atoms with Crippen molar-refractivity contribution in [1.82, 2.24) is 5.32 Å². The zero-order chi connectivity index (χ0) is 15.5. The molecule has 1 amide bonds. The van der Waals surface area contributed by atoms with Gasteiger partial charge < -0.3 is 15.8 Å². The molecule has 0 aromatic heterocycles. The second kappa shape index (κ2) is 6.09. The van der Waals surface area contributed by atoms with Crippen molar-refractivity contribution in [3.8, 4) is 5.75 Å². The first-order valence-electron chi connectivity index (χ1n) is 6.87. The van der Waals surface area contributed by atoms with E-state index in [0.717, 1.165) is 12.8 Å². The molecule has 2 rings (SSSR count). The van der Waals surface area contributed by atoms with E-state index in [2.05, 4.69) is 5.32 Å². The summed E-state index contributed by atoms with van der Waals surface area (Å²) in [5, 5.41) is 14.0. The maximum Gasteiger partial charge on any atom is 0.310 e. The lowest BCUT2D eigenvalue weighted by Gasteiger charge is -2.38. The lowest BCUT2D eigenvalue weighted by atomic mass is 9.79. The van der Waals surface area contributed by atoms with E-state index in [9.17, 15) is 14.9 Å². The Balaban J connectivity index is 2.17. The van der Waals surface area contributed by atoms with Crippen molar-refractivity contribution < 1.29 is 14.5 Å². The maximum absolute atomic E-state index is 11.7. The van der Waals surface area contributed by atoms with E-state index in [0.29, 0.717) is 12.8 Å². The van der Waals surface area contributed by atoms with Crippen LogP contribution in [-0.4, -0.2) is 29.5 Å². The monoisotopic (exact) mass is 293 g/mol. The number of carbonyl (C=O) groups is 1. The van der Waals surface area contributed by atoms with E-state index in [1.807, 2.05) is 0 Å². The normalized spacial score (nSPS) is 25.3. The summed E-state index contributed by atoms with van der Waals surface area (Å²) in [6.45, 7) is 0. The molecule has 0 saturated heterocycles. The van der Waals surface area contributed by atoms with E-state index in [-0.39, 0.29) is 17.5 Å². The average molecular weight is 293 g/mol. The van der Waals surface area contributed by atoms with Gasteiger partial charge >= 0.3 is 5.69 Å². The quantitative estimate of drug-likeness (QED) is 0.629. The number of rotatable bonds is 5. The molecule has 7 heteroatoms. The van der Waals surface area contributed by atoms with E-state index in [1.165, 1.54) is 6.07 Å². The number of nitrogens with two attached hydrogens (primary N) is 1. The molecule has 2 unspecified atom stereocenters. The molecule has 7 nitrogen and oxygen atoms in total. The predicted octanol–water partition coefficient (Wildman–Crippen LogP) is 1.36. The average Bonchev–Trinajstić information content (AvgIpc) is 2.47. The van der Waals surface area contributed by atoms with Gasteiger partial charge in [-0.3, -0.25) is 14.9 Å². The third-order valence-electron chi connectivity index (χ3n) is 4.01. The zero-order valence-corrected chi connectivity index (χ0v) is 11.9. The minimum Gasteiger partial charge on any atom is -0.483 e. The van der Waals surface area contributed by atoms with Crippen LogP contribution in [0.25, 0.3) is 0 Å². The summed E-state index contributed by atoms with van der Waals surface area (Å²) < 4.78 is 5.77. The number of benzene rings is 1. The Hall–Kier alpha value is -2.15. The van der Waals surface area contributed by atoms with Gasteiger partial charge in [-0.05, 0) is 32.4 Å². The Morgan fingerprint density at radius 3 is 2.86 bits per heavy atom. The van der Waals surface area contributed by atoms with Crippen molar-refractivity contribution in [2.75, 3.05) is 7.05 Å². The number of carbonyl (C=O) groups excluding carboxylic acids is 1. The molecule has 1 aliphatic rings. The first-order valence-corrected chi connectivity index (χ1v) is 6.87. The second-order valence-electron chi connectivity index (χ2n) is 5.26. The first-order chi connectivity index (χ1) is 9.98. The fraction of sp³-hybridized carbons (Fsp3) is 0.500. The van der Waals surface area contributed by atoms with E-state index in [4.69, 9.17) is 10.5 Å². The van der Waals surface area contributed by atoms with Crippen molar-refractivity contribution in [1.29, 1.82) is 0 Å². The molecule has 0 bridgehead atoms. The van der Waals surface area contributed by atoms with Crippen LogP contribution in [0, 0.1) is 10.1 Å². The molecule has 0 heterocycles. The van der Waals surface area contributed by atoms with Crippen LogP contribution in [-0.2, 0) is 4.79 Å². The molecule has 21 heavy (non-hydrogen) atoms. The Kier molecular flexibility index (Phi) is 4.42. The Morgan fingerprint density at radius 2 is 2.24 bits per heavy atom. The molecule has 0 aliphatic heterocycles. The lowest BCUT2D eigenvalue weighted by Crippen LogP contribution is -2.58. The summed E-state index contributed by atoms with van der Waals surface area (Å²) in [6, 6.07) is 6.24. The molecule has 1 saturated carbocycles. The molecular weight excluding hydrogens is 274 g/mol. The molecule has 1 aromatic carbocycles. The van der Waals surface area contributed by atoms with Crippen molar-refractivity contribution >= 4 is 11.6 Å². The molecule has 1 aliphatic carbocycles. The van der Waals surface area contributed by atoms with Crippen LogP contribution >= 0.6 is 0 Å². The highest BCUT2D eigenvalue weighted by molar-refractivity contribution is 5.84. The SMILES string of the molecule is CNC1(C(N)=O)CCCC(Oc2ccccc2[N+](=O)[O-])C1. The number of hydrogen-bond donors (Lipinski definition) is 2. The van der Waals surface area contributed by atoms with Gasteiger partial charge in [-0.2, -0.15) is 0 Å². The van der Waals surface area contributed by atoms with Gasteiger partial charge in [0.1, 0.15) is 11.6 Å². The number of nitro groups is 1. The van der Waals surface area contributed by atoms with Crippen molar-refractivity contribution in [2.45, 2.75) is 37.3 Å². The zero-order valence-electron chi connectivity index (χ0n) is 11.9. The molecule has 114 valence electrons. The Morgan fingerprint density at radius 1 is 1.52 bits per heavy atom. The summed E-state index contributed by atoms with van der Waals surface area (Å²) in [5.41, 5.74) is 4.61. The smallest absolute Gasteiger partial charge is 0.310 e. The third-order valence-corrected chi connectivity index (χ3v) is 4.01. The van der Waals surface area contributed by atoms with Gasteiger partial charge in [0.15, 0.2) is 5.75 Å². The molecular formula is C14H19N3O4. The van der Waals surface area contributed by atoms with Gasteiger partial charge in [0.2, 0.25) is 5.91 Å². The summed E-state index contributed by atoms with van der Waals surface area (Å²) in [6.07, 6.45) is 2.29. The molecule has 0 spiro atoms. The van der Waals surface area contributed by atoms with Crippen LogP contribution in [0.4, 0.5) is 5.69 Å². The largest absolute Gasteiger partial charge is 0.483 e. The van der Waals surface area contributed by atoms with Crippen molar-refractivity contribution in [2.24, 2.45) is 5.73 Å². The Labute approximate surface area is 122 Å². The Bertz CT molecular complexity index is 549. The van der Waals surface area contributed by atoms with Crippen molar-refractivity contribution in [3.63, 3.8) is 0 Å². The standard InChI is InChI=1S/C14H19N3O4/c1-16-14(13(15)18)8-4-5-10(9-14)21-12-7-3-2-6-11(12)17(19)20/h2-3,6-7,10,16H,4-5,8-9H2,1H3,(H2,15,18). The molecule has 1 fully saturated rings. The lowest BCUT2D eigenvalue weighted by molar-refractivity contribution is -0.386. The molecule has 3 N–H and O–H groups in total. The van der Waals surface area contributed by atoms with Crippen LogP contribution in [0.2, 0.25) is 0 Å². The number of primary amides is 1. The van der Waals surface area contributed by atoms with Crippen LogP contribution in [0.3, 0.4) is 0 Å². The number of nitrogens with zero attached hydrogens (tertiary/aromatic N) is 1. The van der Waals surface area contributed by atoms with Gasteiger partial charge in [0, 0.05) is 12.5 Å². The maximum atomic E-state index is 11.7. The van der Waals surface area contributed by atoms with Crippen LogP contribution in [0.5, 0.6) is 5.75 Å². The van der Waals surface area contributed by atoms with E-state index < -0.39 is 16.4 Å². The van der Waals surface area contributed by atoms with Gasteiger partial charge in [-0.1, -0.05) is 12.1 Å². The van der Waals surface area contributed by atoms with Crippen molar-refractivity contribution in [3.05, 3.63) is 34.4 Å². The van der Waals surface area contributed by atoms with E-state index >= 15 is 0 Å². The minimum absolute atomic E-state index is 0.0720. The van der Waals surface area contributed by atoms with Gasteiger partial charge in [-0.25, -0.2) is 0 Å². The number of hydrogen-bond acceptors (Lipinski definition) is 5. The number of ether oxygens (including phenoxy) is 1. The number of nitrogens with one attached hydrogen (secondary N) is 1. The highest BCUT2D eigenvalue weighted by Gasteiger charge is 2.41. The summed E-state index contributed by atoms with van der Waals surface area (Å²) in [4.78, 5) is 22.2. The van der Waals surface area contributed by atoms with E-state index in [1.54, 1.807) is 25.2 Å². The van der Waals surface area contributed by atoms with Crippen LogP contribution in [0.1, 0.15) is 25.7 Å². The number of likely N-dealkylation sites (N-methyl/N-ethyl adjacent to an activating group) is 1. The molecule has 0 radical (unpaired) electrons. The highest BCUT2D eigenvalue weighted by atomic mass is 16.6. The number of para-hydroxylation sites is 2. The van der Waals surface area contributed by atoms with Gasteiger partial charge in [0.25, 0.3) is 0 Å². The third kappa shape index (κ3) is 3.13. The summed E-state index contributed by atoms with van der Waals surface area (Å²) >= 11 is 0. The first kappa shape index (κ1) is 15.2. The predicted molar refractivity (Wildman–Crippen MR) is 77.0 cm³/mol. The van der Waals surface area contributed by atoms with Crippen LogP contribution in [0.15, 0.2) is 24.3 Å². The van der Waals surface area contributed by atoms with Gasteiger partial charge in [0.05, 0.1) is 4.92 Å².